The summed E-state index contributed by atoms with van der Waals surface area (Å²) in [7, 11) is 0. The number of carbonyl (C=O) groups is 2. The highest BCUT2D eigenvalue weighted by atomic mass is 16.7. The maximum Gasteiger partial charge on any atom is 0.247 e. The molecule has 0 radical (unpaired) electrons. The van der Waals surface area contributed by atoms with Gasteiger partial charge in [-0.05, 0) is 44.0 Å². The van der Waals surface area contributed by atoms with Crippen LogP contribution in [0, 0.1) is 12.8 Å². The number of aromatic nitrogens is 2. The highest BCUT2D eigenvalue weighted by molar-refractivity contribution is 5.93. The summed E-state index contributed by atoms with van der Waals surface area (Å²) in [5, 5.41) is 11.1. The summed E-state index contributed by atoms with van der Waals surface area (Å²) in [5.74, 6) is 2.06. The van der Waals surface area contributed by atoms with Crippen molar-refractivity contribution < 1.29 is 23.5 Å². The molecule has 0 atom stereocenters. The number of piperidine rings is 1. The molecule has 3 heterocycles. The number of aryl methyl sites for hydroxylation is 2. The van der Waals surface area contributed by atoms with Gasteiger partial charge in [0.1, 0.15) is 0 Å². The molecule has 3 aromatic rings. The first kappa shape index (κ1) is 21.9. The van der Waals surface area contributed by atoms with Gasteiger partial charge in [-0.25, -0.2) is 0 Å². The van der Waals surface area contributed by atoms with E-state index < -0.39 is 0 Å². The number of hydrogen-bond acceptors (Lipinski definition) is 7. The summed E-state index contributed by atoms with van der Waals surface area (Å²) in [6.07, 6.45) is 1.94. The van der Waals surface area contributed by atoms with Gasteiger partial charge in [0.15, 0.2) is 11.5 Å². The molecule has 1 saturated heterocycles. The minimum absolute atomic E-state index is 0.0321. The third-order valence-corrected chi connectivity index (χ3v) is 6.18. The molecule has 0 saturated carbocycles. The van der Waals surface area contributed by atoms with Gasteiger partial charge in [0.2, 0.25) is 30.4 Å². The third-order valence-electron chi connectivity index (χ3n) is 6.18. The zero-order chi connectivity index (χ0) is 23.5. The van der Waals surface area contributed by atoms with Crippen molar-refractivity contribution >= 4 is 17.5 Å². The van der Waals surface area contributed by atoms with Gasteiger partial charge in [-0.15, -0.1) is 10.2 Å². The lowest BCUT2D eigenvalue weighted by molar-refractivity contribution is -0.134. The summed E-state index contributed by atoms with van der Waals surface area (Å²) >= 11 is 0. The molecule has 1 fully saturated rings. The molecule has 1 N–H and O–H groups in total. The van der Waals surface area contributed by atoms with E-state index in [2.05, 4.69) is 15.5 Å². The van der Waals surface area contributed by atoms with Crippen LogP contribution in [0.5, 0.6) is 11.5 Å². The Labute approximate surface area is 197 Å². The molecule has 9 heteroatoms. The zero-order valence-electron chi connectivity index (χ0n) is 19.0. The summed E-state index contributed by atoms with van der Waals surface area (Å²) in [4.78, 5) is 27.2. The second-order valence-corrected chi connectivity index (χ2v) is 8.58. The Morgan fingerprint density at radius 3 is 2.59 bits per heavy atom. The molecule has 2 aliphatic rings. The second kappa shape index (κ2) is 9.54. The molecular formula is C25H26N4O5. The van der Waals surface area contributed by atoms with Crippen LogP contribution in [0.15, 0.2) is 46.9 Å². The Kier molecular flexibility index (Phi) is 6.16. The molecule has 2 aliphatic heterocycles. The second-order valence-electron chi connectivity index (χ2n) is 8.58. The molecule has 34 heavy (non-hydrogen) atoms. The predicted octanol–water partition coefficient (Wildman–Crippen LogP) is 3.58. The summed E-state index contributed by atoms with van der Waals surface area (Å²) < 4.78 is 16.4. The van der Waals surface area contributed by atoms with Crippen LogP contribution in [-0.2, 0) is 16.0 Å². The first-order valence-electron chi connectivity index (χ1n) is 11.4. The number of fused-ring (bicyclic) bond motifs is 1. The molecule has 9 nitrogen and oxygen atoms in total. The molecule has 176 valence electrons. The number of anilines is 1. The van der Waals surface area contributed by atoms with Gasteiger partial charge in [-0.1, -0.05) is 17.7 Å². The average molecular weight is 463 g/mol. The maximum atomic E-state index is 12.7. The summed E-state index contributed by atoms with van der Waals surface area (Å²) in [5.41, 5.74) is 2.69. The van der Waals surface area contributed by atoms with Crippen LogP contribution in [0.4, 0.5) is 5.69 Å². The van der Waals surface area contributed by atoms with Crippen molar-refractivity contribution in [3.8, 4) is 23.0 Å². The summed E-state index contributed by atoms with van der Waals surface area (Å²) in [6.45, 7) is 3.32. The quantitative estimate of drug-likeness (QED) is 0.597. The molecule has 0 spiro atoms. The van der Waals surface area contributed by atoms with E-state index in [0.717, 1.165) is 11.1 Å². The molecule has 1 aromatic heterocycles. The van der Waals surface area contributed by atoms with E-state index in [1.165, 1.54) is 0 Å². The van der Waals surface area contributed by atoms with Gasteiger partial charge in [0.05, 0.1) is 0 Å². The lowest BCUT2D eigenvalue weighted by Gasteiger charge is -2.31. The minimum Gasteiger partial charge on any atom is -0.454 e. The number of nitrogens with zero attached hydrogens (tertiary/aromatic N) is 3. The van der Waals surface area contributed by atoms with Gasteiger partial charge in [-0.3, -0.25) is 9.59 Å². The fraction of sp³-hybridized carbons (Fsp3) is 0.360. The van der Waals surface area contributed by atoms with Crippen LogP contribution in [0.25, 0.3) is 11.5 Å². The van der Waals surface area contributed by atoms with E-state index in [-0.39, 0.29) is 24.5 Å². The van der Waals surface area contributed by atoms with E-state index in [0.29, 0.717) is 67.7 Å². The van der Waals surface area contributed by atoms with Crippen molar-refractivity contribution in [1.82, 2.24) is 15.1 Å². The minimum atomic E-state index is -0.137. The van der Waals surface area contributed by atoms with Gasteiger partial charge >= 0.3 is 0 Å². The van der Waals surface area contributed by atoms with E-state index in [9.17, 15) is 9.59 Å². The molecule has 0 unspecified atom stereocenters. The van der Waals surface area contributed by atoms with Crippen molar-refractivity contribution in [3.05, 3.63) is 53.9 Å². The Morgan fingerprint density at radius 1 is 1.03 bits per heavy atom. The van der Waals surface area contributed by atoms with Crippen LogP contribution in [-0.4, -0.2) is 46.8 Å². The lowest BCUT2D eigenvalue weighted by atomic mass is 9.95. The Bertz CT molecular complexity index is 1180. The van der Waals surface area contributed by atoms with Crippen molar-refractivity contribution in [2.75, 3.05) is 25.2 Å². The third kappa shape index (κ3) is 4.88. The monoisotopic (exact) mass is 462 g/mol. The molecular weight excluding hydrogens is 436 g/mol. The number of benzene rings is 2. The van der Waals surface area contributed by atoms with E-state index in [1.54, 1.807) is 18.2 Å². The first-order chi connectivity index (χ1) is 16.5. The number of nitrogens with one attached hydrogen (secondary N) is 1. The fourth-order valence-electron chi connectivity index (χ4n) is 4.15. The van der Waals surface area contributed by atoms with Crippen molar-refractivity contribution in [1.29, 1.82) is 0 Å². The van der Waals surface area contributed by atoms with E-state index >= 15 is 0 Å². The zero-order valence-corrected chi connectivity index (χ0v) is 19.0. The SMILES string of the molecule is Cc1ccc(-c2nnc(CCC(=O)N3CCC(C(=O)Nc4ccc5c(c4)OCO5)CC3)o2)cc1. The predicted molar refractivity (Wildman–Crippen MR) is 123 cm³/mol. The number of ether oxygens (including phenoxy) is 2. The Balaban J connectivity index is 1.08. The van der Waals surface area contributed by atoms with Crippen LogP contribution in [0.1, 0.15) is 30.7 Å². The van der Waals surface area contributed by atoms with Crippen LogP contribution in [0.2, 0.25) is 0 Å². The van der Waals surface area contributed by atoms with Gasteiger partial charge in [-0.2, -0.15) is 0 Å². The largest absolute Gasteiger partial charge is 0.454 e. The smallest absolute Gasteiger partial charge is 0.247 e. The maximum absolute atomic E-state index is 12.7. The highest BCUT2D eigenvalue weighted by Gasteiger charge is 2.28. The van der Waals surface area contributed by atoms with Gasteiger partial charge in [0, 0.05) is 49.2 Å². The molecule has 0 bridgehead atoms. The van der Waals surface area contributed by atoms with Crippen LogP contribution >= 0.6 is 0 Å². The number of rotatable bonds is 6. The topological polar surface area (TPSA) is 107 Å². The summed E-state index contributed by atoms with van der Waals surface area (Å²) in [6, 6.07) is 13.2. The van der Waals surface area contributed by atoms with E-state index in [4.69, 9.17) is 13.9 Å². The average Bonchev–Trinajstić information content (AvgIpc) is 3.52. The number of amides is 2. The standard InChI is InChI=1S/C25H26N4O5/c1-16-2-4-18(5-3-16)25-28-27-22(34-25)8-9-23(30)29-12-10-17(11-13-29)24(31)26-19-6-7-20-21(14-19)33-15-32-20/h2-7,14,17H,8-13,15H2,1H3,(H,26,31). The molecule has 2 aromatic carbocycles. The Hall–Kier alpha value is -3.88. The van der Waals surface area contributed by atoms with Crippen molar-refractivity contribution in [2.45, 2.75) is 32.6 Å². The van der Waals surface area contributed by atoms with E-state index in [1.807, 2.05) is 36.1 Å². The van der Waals surface area contributed by atoms with Gasteiger partial charge in [0.25, 0.3) is 0 Å². The van der Waals surface area contributed by atoms with Crippen molar-refractivity contribution in [3.63, 3.8) is 0 Å². The van der Waals surface area contributed by atoms with Gasteiger partial charge < -0.3 is 24.1 Å². The molecule has 0 aliphatic carbocycles. The molecule has 2 amide bonds. The Morgan fingerprint density at radius 2 is 1.79 bits per heavy atom. The lowest BCUT2D eigenvalue weighted by Crippen LogP contribution is -2.41. The fourth-order valence-corrected chi connectivity index (χ4v) is 4.15. The number of likely N-dealkylation sites (tertiary alicyclic amines) is 1. The normalized spacial score (nSPS) is 15.4. The van der Waals surface area contributed by atoms with Crippen LogP contribution in [0.3, 0.4) is 0 Å². The number of carbonyl (C=O) groups excluding carboxylic acids is 2. The number of hydrogen-bond donors (Lipinski definition) is 1. The first-order valence-corrected chi connectivity index (χ1v) is 11.4. The highest BCUT2D eigenvalue weighted by Crippen LogP contribution is 2.34. The van der Waals surface area contributed by atoms with Crippen LogP contribution < -0.4 is 14.8 Å². The van der Waals surface area contributed by atoms with Crippen molar-refractivity contribution in [2.24, 2.45) is 5.92 Å². The molecule has 5 rings (SSSR count).